The van der Waals surface area contributed by atoms with Crippen molar-refractivity contribution in [3.05, 3.63) is 35.7 Å². The van der Waals surface area contributed by atoms with Crippen LogP contribution in [0.4, 0.5) is 0 Å². The van der Waals surface area contributed by atoms with Crippen molar-refractivity contribution in [2.45, 2.75) is 63.8 Å². The molecular formula is C25H38N5O4+. The van der Waals surface area contributed by atoms with E-state index in [9.17, 15) is 14.7 Å². The molecule has 0 amide bonds. The summed E-state index contributed by atoms with van der Waals surface area (Å²) in [6.45, 7) is 2.43. The monoisotopic (exact) mass is 472 g/mol. The van der Waals surface area contributed by atoms with E-state index < -0.39 is 0 Å². The lowest BCUT2D eigenvalue weighted by atomic mass is 9.94. The Balaban J connectivity index is 1.40. The summed E-state index contributed by atoms with van der Waals surface area (Å²) in [6.07, 6.45) is 9.42. The number of carbonyl (C=O) groups excluding carboxylic acids is 2. The van der Waals surface area contributed by atoms with Gasteiger partial charge < -0.3 is 26.2 Å². The Labute approximate surface area is 201 Å². The van der Waals surface area contributed by atoms with Crippen LogP contribution in [-0.2, 0) is 22.4 Å². The fourth-order valence-corrected chi connectivity index (χ4v) is 4.48. The van der Waals surface area contributed by atoms with Crippen molar-refractivity contribution in [3.63, 3.8) is 0 Å². The van der Waals surface area contributed by atoms with Crippen LogP contribution in [0, 0.1) is 0 Å². The van der Waals surface area contributed by atoms with Crippen LogP contribution >= 0.6 is 0 Å². The smallest absolute Gasteiger partial charge is 0.188 e. The van der Waals surface area contributed by atoms with Crippen molar-refractivity contribution in [1.29, 1.82) is 0 Å². The Morgan fingerprint density at radius 1 is 1.29 bits per heavy atom. The van der Waals surface area contributed by atoms with Gasteiger partial charge in [-0.15, -0.1) is 0 Å². The Bertz CT molecular complexity index is 915. The van der Waals surface area contributed by atoms with Gasteiger partial charge in [-0.25, -0.2) is 0 Å². The van der Waals surface area contributed by atoms with Crippen molar-refractivity contribution in [1.82, 2.24) is 10.6 Å². The molecule has 0 aromatic heterocycles. The number of ether oxygens (including phenoxy) is 1. The van der Waals surface area contributed by atoms with Gasteiger partial charge in [-0.1, -0.05) is 6.07 Å². The lowest BCUT2D eigenvalue weighted by Gasteiger charge is -2.21. The van der Waals surface area contributed by atoms with Gasteiger partial charge in [0.25, 0.3) is 0 Å². The number of rotatable bonds is 13. The molecule has 6 N–H and O–H groups in total. The number of guanidine groups is 1. The Hall–Kier alpha value is -3.07. The normalized spacial score (nSPS) is 18.0. The van der Waals surface area contributed by atoms with Gasteiger partial charge in [0.2, 0.25) is 0 Å². The van der Waals surface area contributed by atoms with Gasteiger partial charge in [0, 0.05) is 37.9 Å². The van der Waals surface area contributed by atoms with E-state index in [1.807, 2.05) is 12.3 Å². The summed E-state index contributed by atoms with van der Waals surface area (Å²) in [7, 11) is 1.65. The first-order valence-corrected chi connectivity index (χ1v) is 12.2. The standard InChI is InChI=1S/C25H37N5O4/c1-27-25(26)29-19(11-13-30-14-12-28-17-30)4-2-5-20(31)16-21(32)9-7-18-8-10-23(33)24-22(18)6-3-15-34-24/h8,10,12,14,19,28,33H,2-7,9,11,13,15-17H2,1H3,(H3,26,27,29)/p+1/t19-/m1/s1. The molecule has 9 nitrogen and oxygen atoms in total. The van der Waals surface area contributed by atoms with Crippen LogP contribution in [0.25, 0.3) is 0 Å². The molecule has 9 heteroatoms. The third-order valence-electron chi connectivity index (χ3n) is 6.40. The molecule has 1 aromatic carbocycles. The average molecular weight is 473 g/mol. The lowest BCUT2D eigenvalue weighted by molar-refractivity contribution is -0.843. The number of phenols is 1. The van der Waals surface area contributed by atoms with Crippen LogP contribution < -0.4 is 26.0 Å². The molecule has 186 valence electrons. The van der Waals surface area contributed by atoms with E-state index in [4.69, 9.17) is 10.5 Å². The first-order chi connectivity index (χ1) is 16.5. The summed E-state index contributed by atoms with van der Waals surface area (Å²) in [6, 6.07) is 3.61. The number of fused-ring (bicyclic) bond motifs is 1. The van der Waals surface area contributed by atoms with Crippen molar-refractivity contribution in [2.24, 2.45) is 10.7 Å². The summed E-state index contributed by atoms with van der Waals surface area (Å²) in [4.78, 5) is 30.2. The third kappa shape index (κ3) is 7.76. The van der Waals surface area contributed by atoms with Crippen LogP contribution in [-0.4, -0.2) is 55.5 Å². The lowest BCUT2D eigenvalue weighted by Crippen LogP contribution is -3.07. The van der Waals surface area contributed by atoms with Gasteiger partial charge in [0.15, 0.2) is 24.1 Å². The predicted molar refractivity (Wildman–Crippen MR) is 131 cm³/mol. The zero-order valence-electron chi connectivity index (χ0n) is 20.1. The zero-order chi connectivity index (χ0) is 24.3. The minimum absolute atomic E-state index is 0.0192. The summed E-state index contributed by atoms with van der Waals surface area (Å²) < 4.78 is 5.59. The van der Waals surface area contributed by atoms with E-state index in [0.717, 1.165) is 50.0 Å². The number of nitrogens with one attached hydrogen (secondary N) is 3. The van der Waals surface area contributed by atoms with Crippen LogP contribution in [0.15, 0.2) is 29.5 Å². The summed E-state index contributed by atoms with van der Waals surface area (Å²) in [5.74, 6) is 1.03. The van der Waals surface area contributed by atoms with E-state index in [-0.39, 0.29) is 29.8 Å². The minimum Gasteiger partial charge on any atom is -0.504 e. The second kappa shape index (κ2) is 13.0. The number of carbonyl (C=O) groups is 2. The first-order valence-electron chi connectivity index (χ1n) is 12.2. The van der Waals surface area contributed by atoms with E-state index >= 15 is 0 Å². The number of hydrogen-bond acceptors (Lipinski definition) is 6. The van der Waals surface area contributed by atoms with Crippen LogP contribution in [0.5, 0.6) is 11.5 Å². The second-order valence-electron chi connectivity index (χ2n) is 9.01. The van der Waals surface area contributed by atoms with Crippen molar-refractivity contribution in [3.8, 4) is 11.5 Å². The van der Waals surface area contributed by atoms with E-state index in [1.165, 1.54) is 4.90 Å². The molecule has 34 heavy (non-hydrogen) atoms. The number of quaternary nitrogens is 1. The SMILES string of the molecule is CN=C(N)N[C@H](CCCC(=O)CC(=O)CCc1ccc(O)c2c1CCCO2)CC[NH+]1C=CNC1. The molecule has 1 aromatic rings. The van der Waals surface area contributed by atoms with Crippen LogP contribution in [0.1, 0.15) is 56.1 Å². The first kappa shape index (κ1) is 25.6. The molecular weight excluding hydrogens is 434 g/mol. The molecule has 0 spiro atoms. The molecule has 0 fully saturated rings. The van der Waals surface area contributed by atoms with E-state index in [0.29, 0.717) is 44.0 Å². The molecule has 3 rings (SSSR count). The highest BCUT2D eigenvalue weighted by Crippen LogP contribution is 2.36. The maximum Gasteiger partial charge on any atom is 0.188 e. The fourth-order valence-electron chi connectivity index (χ4n) is 4.48. The number of Topliss-reactive ketones (excluding diaryl/α,β-unsaturated/α-hetero) is 2. The second-order valence-corrected chi connectivity index (χ2v) is 9.01. The average Bonchev–Trinajstić information content (AvgIpc) is 3.36. The summed E-state index contributed by atoms with van der Waals surface area (Å²) >= 11 is 0. The Kier molecular flexibility index (Phi) is 9.75. The molecule has 2 heterocycles. The molecule has 0 bridgehead atoms. The number of aliphatic imine (C=N–C) groups is 1. The maximum absolute atomic E-state index is 12.4. The van der Waals surface area contributed by atoms with Crippen molar-refractivity contribution >= 4 is 17.5 Å². The van der Waals surface area contributed by atoms with Gasteiger partial charge in [0.05, 0.1) is 25.8 Å². The zero-order valence-corrected chi connectivity index (χ0v) is 20.1. The van der Waals surface area contributed by atoms with E-state index in [2.05, 4.69) is 21.8 Å². The Morgan fingerprint density at radius 2 is 2.12 bits per heavy atom. The van der Waals surface area contributed by atoms with Gasteiger partial charge in [-0.2, -0.15) is 0 Å². The van der Waals surface area contributed by atoms with Crippen LogP contribution in [0.2, 0.25) is 0 Å². The van der Waals surface area contributed by atoms with Gasteiger partial charge >= 0.3 is 0 Å². The molecule has 1 unspecified atom stereocenters. The molecule has 2 aliphatic rings. The van der Waals surface area contributed by atoms with Crippen LogP contribution in [0.3, 0.4) is 0 Å². The number of benzene rings is 1. The van der Waals surface area contributed by atoms with E-state index in [1.54, 1.807) is 13.1 Å². The number of aromatic hydroxyl groups is 1. The van der Waals surface area contributed by atoms with Gasteiger partial charge in [-0.05, 0) is 43.7 Å². The third-order valence-corrected chi connectivity index (χ3v) is 6.40. The molecule has 2 atom stereocenters. The van der Waals surface area contributed by atoms with Crippen molar-refractivity contribution in [2.75, 3.05) is 26.9 Å². The molecule has 0 aliphatic carbocycles. The maximum atomic E-state index is 12.4. The Morgan fingerprint density at radius 3 is 2.88 bits per heavy atom. The highest BCUT2D eigenvalue weighted by molar-refractivity contribution is 5.99. The summed E-state index contributed by atoms with van der Waals surface area (Å²) in [5, 5.41) is 16.4. The summed E-state index contributed by atoms with van der Waals surface area (Å²) in [5.41, 5.74) is 7.86. The number of phenolic OH excluding ortho intramolecular Hbond substituents is 1. The highest BCUT2D eigenvalue weighted by Gasteiger charge is 2.20. The topological polar surface area (TPSA) is 130 Å². The largest absolute Gasteiger partial charge is 0.504 e. The number of ketones is 2. The fraction of sp³-hybridized carbons (Fsp3) is 0.560. The quantitative estimate of drug-likeness (QED) is 0.161. The number of nitrogens with two attached hydrogens (primary N) is 1. The number of hydrogen-bond donors (Lipinski definition) is 5. The number of aryl methyl sites for hydroxylation is 1. The number of nitrogens with zero attached hydrogens (tertiary/aromatic N) is 1. The molecule has 2 aliphatic heterocycles. The van der Waals surface area contributed by atoms with Crippen molar-refractivity contribution < 1.29 is 24.3 Å². The van der Waals surface area contributed by atoms with Gasteiger partial charge in [-0.3, -0.25) is 19.5 Å². The molecule has 0 saturated carbocycles. The van der Waals surface area contributed by atoms with Gasteiger partial charge in [0.1, 0.15) is 17.8 Å². The molecule has 0 saturated heterocycles. The highest BCUT2D eigenvalue weighted by atomic mass is 16.5. The predicted octanol–water partition coefficient (Wildman–Crippen LogP) is 0.558. The minimum atomic E-state index is -0.0440. The molecule has 0 radical (unpaired) electrons.